The molecule has 2 rings (SSSR count). The van der Waals surface area contributed by atoms with Crippen LogP contribution in [0.4, 0.5) is 0 Å². The molecular formula is C8H14BrNO2S. The van der Waals surface area contributed by atoms with E-state index in [1.54, 1.807) is 4.31 Å². The summed E-state index contributed by atoms with van der Waals surface area (Å²) in [5.74, 6) is 0.525. The van der Waals surface area contributed by atoms with Gasteiger partial charge >= 0.3 is 0 Å². The molecule has 76 valence electrons. The molecule has 2 aliphatic rings. The zero-order valence-electron chi connectivity index (χ0n) is 7.66. The minimum absolute atomic E-state index is 0.412. The molecule has 5 heteroatoms. The minimum atomic E-state index is -2.96. The molecule has 1 aliphatic carbocycles. The van der Waals surface area contributed by atoms with Gasteiger partial charge in [0, 0.05) is 18.4 Å². The summed E-state index contributed by atoms with van der Waals surface area (Å²) in [6.45, 7) is 3.27. The number of nitrogens with zero attached hydrogens (tertiary/aromatic N) is 1. The van der Waals surface area contributed by atoms with E-state index in [-0.39, 0.29) is 0 Å². The Bertz CT molecular complexity index is 304. The predicted molar refractivity (Wildman–Crippen MR) is 55.4 cm³/mol. The van der Waals surface area contributed by atoms with Gasteiger partial charge in [-0.25, -0.2) is 12.7 Å². The summed E-state index contributed by atoms with van der Waals surface area (Å²) in [4.78, 5) is 0. The van der Waals surface area contributed by atoms with E-state index in [0.29, 0.717) is 19.0 Å². The van der Waals surface area contributed by atoms with Gasteiger partial charge in [0.2, 0.25) is 10.0 Å². The fourth-order valence-corrected chi connectivity index (χ4v) is 4.03. The summed E-state index contributed by atoms with van der Waals surface area (Å²) < 4.78 is 25.0. The van der Waals surface area contributed by atoms with E-state index in [2.05, 4.69) is 15.9 Å². The Balaban J connectivity index is 2.03. The number of alkyl halides is 1. The first-order valence-corrected chi connectivity index (χ1v) is 7.11. The molecule has 13 heavy (non-hydrogen) atoms. The average Bonchev–Trinajstić information content (AvgIpc) is 2.66. The van der Waals surface area contributed by atoms with Gasteiger partial charge in [-0.1, -0.05) is 15.9 Å². The molecule has 0 atom stereocenters. The zero-order chi connectivity index (χ0) is 9.69. The number of hydrogen-bond donors (Lipinski definition) is 0. The second-order valence-electron chi connectivity index (χ2n) is 4.29. The SMILES string of the molecule is CC1(S(=O)(=O)N2CC(CBr)C2)CC1. The van der Waals surface area contributed by atoms with Crippen molar-refractivity contribution < 1.29 is 8.42 Å². The molecule has 0 N–H and O–H groups in total. The monoisotopic (exact) mass is 267 g/mol. The standard InChI is InChI=1S/C8H14BrNO2S/c1-8(2-3-8)13(11,12)10-5-7(4-9)6-10/h7H,2-6H2,1H3. The Morgan fingerprint density at radius 1 is 1.46 bits per heavy atom. The van der Waals surface area contributed by atoms with Crippen LogP contribution in [-0.2, 0) is 10.0 Å². The number of halogens is 1. The Kier molecular flexibility index (Phi) is 2.24. The summed E-state index contributed by atoms with van der Waals surface area (Å²) in [6.07, 6.45) is 1.68. The molecule has 0 radical (unpaired) electrons. The number of rotatable bonds is 3. The third-order valence-corrected chi connectivity index (χ3v) is 6.61. The lowest BCUT2D eigenvalue weighted by molar-refractivity contribution is 0.220. The number of hydrogen-bond acceptors (Lipinski definition) is 2. The first kappa shape index (κ1) is 9.93. The van der Waals surface area contributed by atoms with Crippen LogP contribution in [0, 0.1) is 5.92 Å². The van der Waals surface area contributed by atoms with Gasteiger partial charge in [-0.2, -0.15) is 0 Å². The lowest BCUT2D eigenvalue weighted by Gasteiger charge is -2.38. The summed E-state index contributed by atoms with van der Waals surface area (Å²) in [5.41, 5.74) is 0. The van der Waals surface area contributed by atoms with Crippen LogP contribution in [0.3, 0.4) is 0 Å². The van der Waals surface area contributed by atoms with E-state index in [9.17, 15) is 8.42 Å². The molecule has 0 bridgehead atoms. The highest BCUT2D eigenvalue weighted by Gasteiger charge is 2.54. The molecule has 1 saturated carbocycles. The summed E-state index contributed by atoms with van der Waals surface area (Å²) in [6, 6.07) is 0. The van der Waals surface area contributed by atoms with Gasteiger partial charge in [0.25, 0.3) is 0 Å². The quantitative estimate of drug-likeness (QED) is 0.721. The Labute approximate surface area is 87.7 Å². The second-order valence-corrected chi connectivity index (χ2v) is 7.39. The maximum atomic E-state index is 11.9. The van der Waals surface area contributed by atoms with Crippen molar-refractivity contribution >= 4 is 26.0 Å². The lowest BCUT2D eigenvalue weighted by Crippen LogP contribution is -2.53. The van der Waals surface area contributed by atoms with Gasteiger partial charge in [-0.3, -0.25) is 0 Å². The molecule has 1 aliphatic heterocycles. The molecule has 0 spiro atoms. The summed E-state index contributed by atoms with van der Waals surface area (Å²) in [5, 5.41) is 0.912. The lowest BCUT2D eigenvalue weighted by atomic mass is 10.1. The topological polar surface area (TPSA) is 37.4 Å². The van der Waals surface area contributed by atoms with Crippen LogP contribution in [0.5, 0.6) is 0 Å². The van der Waals surface area contributed by atoms with Gasteiger partial charge in [0.15, 0.2) is 0 Å². The molecule has 3 nitrogen and oxygen atoms in total. The molecular weight excluding hydrogens is 254 g/mol. The molecule has 1 heterocycles. The Morgan fingerprint density at radius 2 is 2.00 bits per heavy atom. The molecule has 2 fully saturated rings. The van der Waals surface area contributed by atoms with Crippen LogP contribution in [0.1, 0.15) is 19.8 Å². The van der Waals surface area contributed by atoms with Crippen molar-refractivity contribution in [2.75, 3.05) is 18.4 Å². The Hall–Kier alpha value is 0.390. The van der Waals surface area contributed by atoms with E-state index in [1.807, 2.05) is 6.92 Å². The smallest absolute Gasteiger partial charge is 0.212 e. The van der Waals surface area contributed by atoms with Crippen LogP contribution in [0.15, 0.2) is 0 Å². The maximum Gasteiger partial charge on any atom is 0.219 e. The van der Waals surface area contributed by atoms with Gasteiger partial charge in [-0.15, -0.1) is 0 Å². The van der Waals surface area contributed by atoms with E-state index in [4.69, 9.17) is 0 Å². The highest BCUT2D eigenvalue weighted by atomic mass is 79.9. The van der Waals surface area contributed by atoms with Crippen molar-refractivity contribution in [3.8, 4) is 0 Å². The number of sulfonamides is 1. The highest BCUT2D eigenvalue weighted by molar-refractivity contribution is 9.09. The van der Waals surface area contributed by atoms with Crippen molar-refractivity contribution in [1.29, 1.82) is 0 Å². The zero-order valence-corrected chi connectivity index (χ0v) is 10.1. The van der Waals surface area contributed by atoms with Crippen LogP contribution >= 0.6 is 15.9 Å². The van der Waals surface area contributed by atoms with Gasteiger partial charge in [0.1, 0.15) is 0 Å². The maximum absolute atomic E-state index is 11.9. The molecule has 0 amide bonds. The van der Waals surface area contributed by atoms with Crippen molar-refractivity contribution in [2.45, 2.75) is 24.5 Å². The van der Waals surface area contributed by atoms with Crippen LogP contribution in [0.25, 0.3) is 0 Å². The van der Waals surface area contributed by atoms with Crippen LogP contribution in [-0.4, -0.2) is 35.9 Å². The second kappa shape index (κ2) is 2.94. The third kappa shape index (κ3) is 1.45. The fraction of sp³-hybridized carbons (Fsp3) is 1.00. The molecule has 0 aromatic carbocycles. The van der Waals surface area contributed by atoms with E-state index >= 15 is 0 Å². The largest absolute Gasteiger partial charge is 0.219 e. The predicted octanol–water partition coefficient (Wildman–Crippen LogP) is 1.20. The summed E-state index contributed by atoms with van der Waals surface area (Å²) in [7, 11) is -2.96. The van der Waals surface area contributed by atoms with E-state index < -0.39 is 14.8 Å². The molecule has 1 saturated heterocycles. The summed E-state index contributed by atoms with van der Waals surface area (Å²) >= 11 is 3.37. The van der Waals surface area contributed by atoms with Crippen molar-refractivity contribution in [3.63, 3.8) is 0 Å². The first-order valence-electron chi connectivity index (χ1n) is 4.55. The molecule has 0 unspecified atom stereocenters. The minimum Gasteiger partial charge on any atom is -0.212 e. The fourth-order valence-electron chi connectivity index (χ4n) is 1.56. The van der Waals surface area contributed by atoms with Crippen molar-refractivity contribution in [1.82, 2.24) is 4.31 Å². The normalized spacial score (nSPS) is 28.5. The first-order chi connectivity index (χ1) is 5.99. The molecule has 0 aromatic rings. The van der Waals surface area contributed by atoms with Crippen molar-refractivity contribution in [3.05, 3.63) is 0 Å². The average molecular weight is 268 g/mol. The van der Waals surface area contributed by atoms with E-state index in [1.165, 1.54) is 0 Å². The van der Waals surface area contributed by atoms with Gasteiger partial charge in [0.05, 0.1) is 4.75 Å². The van der Waals surface area contributed by atoms with E-state index in [0.717, 1.165) is 18.2 Å². The molecule has 0 aromatic heterocycles. The van der Waals surface area contributed by atoms with Crippen LogP contribution in [0.2, 0.25) is 0 Å². The van der Waals surface area contributed by atoms with Gasteiger partial charge in [-0.05, 0) is 25.7 Å². The highest BCUT2D eigenvalue weighted by Crippen LogP contribution is 2.46. The van der Waals surface area contributed by atoms with Gasteiger partial charge < -0.3 is 0 Å². The van der Waals surface area contributed by atoms with Crippen molar-refractivity contribution in [2.24, 2.45) is 5.92 Å². The Morgan fingerprint density at radius 3 is 2.38 bits per heavy atom. The third-order valence-electron chi connectivity index (χ3n) is 3.06. The van der Waals surface area contributed by atoms with Crippen LogP contribution < -0.4 is 0 Å².